The van der Waals surface area contributed by atoms with Gasteiger partial charge in [-0.3, -0.25) is 4.98 Å². The SMILES string of the molecule is Cc1cc(C2C(c3ccccn3)NC(=S)N2c2ccccc2F)c(C)n1-c1ccccc1Br. The molecule has 2 aromatic heterocycles. The smallest absolute Gasteiger partial charge is 0.174 e. The zero-order valence-corrected chi connectivity index (χ0v) is 20.6. The number of nitrogens with zero attached hydrogens (tertiary/aromatic N) is 3. The van der Waals surface area contributed by atoms with Crippen molar-refractivity contribution in [2.75, 3.05) is 4.90 Å². The topological polar surface area (TPSA) is 33.1 Å². The van der Waals surface area contributed by atoms with E-state index < -0.39 is 0 Å². The number of thiocarbonyl (C=S) groups is 1. The van der Waals surface area contributed by atoms with E-state index in [4.69, 9.17) is 12.2 Å². The second-order valence-corrected chi connectivity index (χ2v) is 9.30. The van der Waals surface area contributed by atoms with E-state index in [1.165, 1.54) is 6.07 Å². The normalized spacial score (nSPS) is 17.9. The number of hydrogen-bond acceptors (Lipinski definition) is 2. The molecular weight excluding hydrogens is 499 g/mol. The standard InChI is InChI=1S/C26H22BrFN4S/c1-16-15-18(17(2)31(16)22-12-5-3-9-19(22)27)25-24(21-11-7-8-14-29-21)30-26(33)32(25)23-13-6-4-10-20(23)28/h3-15,24-25H,1-2H3,(H,30,33). The molecule has 2 unspecified atom stereocenters. The van der Waals surface area contributed by atoms with Crippen molar-refractivity contribution in [2.24, 2.45) is 0 Å². The molecule has 0 aliphatic carbocycles. The van der Waals surface area contributed by atoms with Crippen LogP contribution in [0.3, 0.4) is 0 Å². The maximum Gasteiger partial charge on any atom is 0.174 e. The summed E-state index contributed by atoms with van der Waals surface area (Å²) in [6.07, 6.45) is 1.77. The first-order chi connectivity index (χ1) is 16.0. The van der Waals surface area contributed by atoms with Gasteiger partial charge in [-0.25, -0.2) is 4.39 Å². The third-order valence-corrected chi connectivity index (χ3v) is 7.08. The summed E-state index contributed by atoms with van der Waals surface area (Å²) in [5.74, 6) is -0.312. The van der Waals surface area contributed by atoms with Gasteiger partial charge >= 0.3 is 0 Å². The maximum atomic E-state index is 15.0. The van der Waals surface area contributed by atoms with Gasteiger partial charge in [-0.15, -0.1) is 0 Å². The summed E-state index contributed by atoms with van der Waals surface area (Å²) < 4.78 is 18.2. The van der Waals surface area contributed by atoms with Crippen molar-refractivity contribution in [2.45, 2.75) is 25.9 Å². The molecule has 1 N–H and O–H groups in total. The third-order valence-electron chi connectivity index (χ3n) is 6.09. The Morgan fingerprint density at radius 1 is 0.970 bits per heavy atom. The Morgan fingerprint density at radius 3 is 2.36 bits per heavy atom. The third kappa shape index (κ3) is 3.75. The van der Waals surface area contributed by atoms with Crippen molar-refractivity contribution in [3.63, 3.8) is 0 Å². The first-order valence-electron chi connectivity index (χ1n) is 10.7. The van der Waals surface area contributed by atoms with Crippen LogP contribution in [0.15, 0.2) is 83.5 Å². The lowest BCUT2D eigenvalue weighted by molar-refractivity contribution is 0.556. The van der Waals surface area contributed by atoms with E-state index in [-0.39, 0.29) is 17.9 Å². The van der Waals surface area contributed by atoms with Crippen LogP contribution in [0.2, 0.25) is 0 Å². The van der Waals surface area contributed by atoms with Crippen molar-refractivity contribution in [1.82, 2.24) is 14.9 Å². The van der Waals surface area contributed by atoms with Gasteiger partial charge in [0, 0.05) is 22.1 Å². The highest BCUT2D eigenvalue weighted by atomic mass is 79.9. The molecule has 2 atom stereocenters. The van der Waals surface area contributed by atoms with Crippen LogP contribution in [0.1, 0.15) is 34.7 Å². The van der Waals surface area contributed by atoms with Gasteiger partial charge < -0.3 is 14.8 Å². The number of hydrogen-bond donors (Lipinski definition) is 1. The largest absolute Gasteiger partial charge is 0.351 e. The van der Waals surface area contributed by atoms with E-state index in [0.717, 1.165) is 32.8 Å². The van der Waals surface area contributed by atoms with Crippen LogP contribution in [-0.2, 0) is 0 Å². The second kappa shape index (κ2) is 8.72. The first-order valence-corrected chi connectivity index (χ1v) is 11.9. The molecule has 4 nitrogen and oxygen atoms in total. The highest BCUT2D eigenvalue weighted by Crippen LogP contribution is 2.44. The molecule has 3 heterocycles. The van der Waals surface area contributed by atoms with Gasteiger partial charge in [0.05, 0.1) is 29.2 Å². The molecule has 1 saturated heterocycles. The summed E-state index contributed by atoms with van der Waals surface area (Å²) in [4.78, 5) is 6.48. The monoisotopic (exact) mass is 520 g/mol. The van der Waals surface area contributed by atoms with Gasteiger partial charge in [-0.2, -0.15) is 0 Å². The lowest BCUT2D eigenvalue weighted by atomic mass is 9.96. The summed E-state index contributed by atoms with van der Waals surface area (Å²) in [6.45, 7) is 4.18. The molecule has 166 valence electrons. The van der Waals surface area contributed by atoms with Crippen LogP contribution in [0, 0.1) is 19.7 Å². The van der Waals surface area contributed by atoms with Gasteiger partial charge in [-0.1, -0.05) is 30.3 Å². The number of halogens is 2. The van der Waals surface area contributed by atoms with Crippen molar-refractivity contribution in [3.8, 4) is 5.69 Å². The Balaban J connectivity index is 1.71. The molecule has 2 aromatic carbocycles. The quantitative estimate of drug-likeness (QED) is 0.308. The molecular formula is C26H22BrFN4S. The average Bonchev–Trinajstić information content (AvgIpc) is 3.30. The number of anilines is 1. The molecule has 0 bridgehead atoms. The van der Waals surface area contributed by atoms with Crippen molar-refractivity contribution >= 4 is 38.9 Å². The predicted octanol–water partition coefficient (Wildman–Crippen LogP) is 6.57. The Labute approximate surface area is 206 Å². The first kappa shape index (κ1) is 21.8. The summed E-state index contributed by atoms with van der Waals surface area (Å²) in [5.41, 5.74) is 5.57. The lowest BCUT2D eigenvalue weighted by Crippen LogP contribution is -2.30. The van der Waals surface area contributed by atoms with Crippen LogP contribution in [0.25, 0.3) is 5.69 Å². The molecule has 0 radical (unpaired) electrons. The average molecular weight is 521 g/mol. The van der Waals surface area contributed by atoms with E-state index in [2.05, 4.69) is 56.8 Å². The molecule has 4 aromatic rings. The zero-order valence-electron chi connectivity index (χ0n) is 18.2. The van der Waals surface area contributed by atoms with E-state index >= 15 is 0 Å². The fourth-order valence-electron chi connectivity index (χ4n) is 4.67. The number of nitrogens with one attached hydrogen (secondary N) is 1. The van der Waals surface area contributed by atoms with E-state index in [0.29, 0.717) is 10.8 Å². The van der Waals surface area contributed by atoms with E-state index in [1.807, 2.05) is 47.4 Å². The Morgan fingerprint density at radius 2 is 1.67 bits per heavy atom. The van der Waals surface area contributed by atoms with Crippen LogP contribution < -0.4 is 10.2 Å². The molecule has 0 amide bonds. The fourth-order valence-corrected chi connectivity index (χ4v) is 5.47. The Kier molecular flexibility index (Phi) is 5.76. The van der Waals surface area contributed by atoms with Crippen LogP contribution in [0.5, 0.6) is 0 Å². The summed E-state index contributed by atoms with van der Waals surface area (Å²) in [7, 11) is 0. The molecule has 5 rings (SSSR count). The zero-order chi connectivity index (χ0) is 23.1. The minimum Gasteiger partial charge on any atom is -0.351 e. The molecule has 0 saturated carbocycles. The number of rotatable bonds is 4. The Bertz CT molecular complexity index is 1340. The van der Waals surface area contributed by atoms with E-state index in [1.54, 1.807) is 18.3 Å². The van der Waals surface area contributed by atoms with E-state index in [9.17, 15) is 4.39 Å². The van der Waals surface area contributed by atoms with Crippen LogP contribution >= 0.6 is 28.1 Å². The van der Waals surface area contributed by atoms with Gasteiger partial charge in [0.2, 0.25) is 0 Å². The second-order valence-electron chi connectivity index (χ2n) is 8.06. The number of benzene rings is 2. The molecule has 7 heteroatoms. The number of para-hydroxylation sites is 2. The fraction of sp³-hybridized carbons (Fsp3) is 0.154. The molecule has 33 heavy (non-hydrogen) atoms. The predicted molar refractivity (Wildman–Crippen MR) is 137 cm³/mol. The van der Waals surface area contributed by atoms with Crippen molar-refractivity contribution < 1.29 is 4.39 Å². The summed E-state index contributed by atoms with van der Waals surface area (Å²) >= 11 is 9.43. The van der Waals surface area contributed by atoms with Crippen molar-refractivity contribution in [1.29, 1.82) is 0 Å². The molecule has 1 aliphatic heterocycles. The lowest BCUT2D eigenvalue weighted by Gasteiger charge is -2.28. The van der Waals surface area contributed by atoms with Crippen molar-refractivity contribution in [3.05, 3.63) is 112 Å². The highest BCUT2D eigenvalue weighted by Gasteiger charge is 2.43. The van der Waals surface area contributed by atoms with Gasteiger partial charge in [0.25, 0.3) is 0 Å². The van der Waals surface area contributed by atoms with Crippen LogP contribution in [-0.4, -0.2) is 14.7 Å². The van der Waals surface area contributed by atoms with Crippen LogP contribution in [0.4, 0.5) is 10.1 Å². The number of aryl methyl sites for hydroxylation is 1. The molecule has 0 spiro atoms. The van der Waals surface area contributed by atoms with Gasteiger partial charge in [0.15, 0.2) is 5.11 Å². The van der Waals surface area contributed by atoms with Gasteiger partial charge in [-0.05, 0) is 90.0 Å². The number of pyridine rings is 1. The minimum atomic E-state index is -0.312. The minimum absolute atomic E-state index is 0.230. The summed E-state index contributed by atoms with van der Waals surface area (Å²) in [5, 5.41) is 3.89. The number of aromatic nitrogens is 2. The van der Waals surface area contributed by atoms with Gasteiger partial charge in [0.1, 0.15) is 5.82 Å². The Hall–Kier alpha value is -3.03. The maximum absolute atomic E-state index is 15.0. The highest BCUT2D eigenvalue weighted by molar-refractivity contribution is 9.10. The molecule has 1 fully saturated rings. The molecule has 1 aliphatic rings. The summed E-state index contributed by atoms with van der Waals surface area (Å²) in [6, 6.07) is 22.4.